The fourth-order valence-electron chi connectivity index (χ4n) is 3.03. The third-order valence-corrected chi connectivity index (χ3v) is 4.37. The maximum Gasteiger partial charge on any atom is 0.255 e. The van der Waals surface area contributed by atoms with Crippen molar-refractivity contribution in [2.24, 2.45) is 0 Å². The van der Waals surface area contributed by atoms with Crippen molar-refractivity contribution >= 4 is 5.91 Å². The molecule has 22 heavy (non-hydrogen) atoms. The second-order valence-corrected chi connectivity index (χ2v) is 6.22. The van der Waals surface area contributed by atoms with E-state index in [0.717, 1.165) is 25.9 Å². The van der Waals surface area contributed by atoms with E-state index < -0.39 is 6.29 Å². The molecule has 0 radical (unpaired) electrons. The molecular formula is C17H24N2O3. The molecule has 0 aliphatic carbocycles. The average molecular weight is 304 g/mol. The van der Waals surface area contributed by atoms with E-state index in [1.807, 2.05) is 18.2 Å². The predicted molar refractivity (Wildman–Crippen MR) is 84.0 cm³/mol. The first-order valence-electron chi connectivity index (χ1n) is 8.07. The van der Waals surface area contributed by atoms with E-state index in [1.165, 1.54) is 0 Å². The van der Waals surface area contributed by atoms with Gasteiger partial charge >= 0.3 is 0 Å². The quantitative estimate of drug-likeness (QED) is 0.928. The fourth-order valence-corrected chi connectivity index (χ4v) is 3.03. The van der Waals surface area contributed by atoms with E-state index in [1.54, 1.807) is 6.07 Å². The molecule has 1 N–H and O–H groups in total. The van der Waals surface area contributed by atoms with Gasteiger partial charge in [0.25, 0.3) is 5.91 Å². The molecule has 1 fully saturated rings. The van der Waals surface area contributed by atoms with Gasteiger partial charge in [0.05, 0.1) is 18.2 Å². The molecule has 5 heteroatoms. The highest BCUT2D eigenvalue weighted by atomic mass is 16.7. The zero-order chi connectivity index (χ0) is 15.5. The normalized spacial score (nSPS) is 23.6. The number of carbonyl (C=O) groups excluding carboxylic acids is 1. The molecule has 0 bridgehead atoms. The van der Waals surface area contributed by atoms with Crippen molar-refractivity contribution in [2.75, 3.05) is 19.6 Å². The van der Waals surface area contributed by atoms with Gasteiger partial charge in [0.2, 0.25) is 6.29 Å². The molecule has 0 saturated carbocycles. The van der Waals surface area contributed by atoms with Crippen molar-refractivity contribution in [3.05, 3.63) is 29.8 Å². The molecule has 2 heterocycles. The molecule has 1 unspecified atom stereocenters. The Bertz CT molecular complexity index is 524. The summed E-state index contributed by atoms with van der Waals surface area (Å²) in [6.07, 6.45) is 1.80. The second kappa shape index (κ2) is 6.67. The smallest absolute Gasteiger partial charge is 0.255 e. The summed E-state index contributed by atoms with van der Waals surface area (Å²) >= 11 is 0. The van der Waals surface area contributed by atoms with Crippen LogP contribution in [0.1, 0.15) is 37.0 Å². The van der Waals surface area contributed by atoms with Gasteiger partial charge in [0.15, 0.2) is 0 Å². The van der Waals surface area contributed by atoms with Crippen LogP contribution >= 0.6 is 0 Å². The third kappa shape index (κ3) is 3.42. The van der Waals surface area contributed by atoms with Gasteiger partial charge in [-0.15, -0.1) is 0 Å². The van der Waals surface area contributed by atoms with Crippen LogP contribution in [-0.4, -0.2) is 48.9 Å². The van der Waals surface area contributed by atoms with Crippen molar-refractivity contribution in [3.8, 4) is 5.75 Å². The minimum atomic E-state index is -0.414. The summed E-state index contributed by atoms with van der Waals surface area (Å²) in [5.74, 6) is 0.499. The van der Waals surface area contributed by atoms with Crippen molar-refractivity contribution < 1.29 is 14.3 Å². The Labute approximate surface area is 131 Å². The first-order valence-corrected chi connectivity index (χ1v) is 8.07. The number of amides is 1. The highest BCUT2D eigenvalue weighted by molar-refractivity contribution is 5.97. The van der Waals surface area contributed by atoms with Gasteiger partial charge in [-0.2, -0.15) is 0 Å². The first-order chi connectivity index (χ1) is 10.6. The Morgan fingerprint density at radius 3 is 2.73 bits per heavy atom. The van der Waals surface area contributed by atoms with Crippen LogP contribution in [0.2, 0.25) is 0 Å². The lowest BCUT2D eigenvalue weighted by atomic mass is 10.1. The van der Waals surface area contributed by atoms with E-state index in [9.17, 15) is 4.79 Å². The number of likely N-dealkylation sites (tertiary alicyclic amines) is 1. The summed E-state index contributed by atoms with van der Waals surface area (Å²) in [7, 11) is 0. The lowest BCUT2D eigenvalue weighted by Gasteiger charge is -2.35. The predicted octanol–water partition coefficient (Wildman–Crippen LogP) is 2.02. The Hall–Kier alpha value is -1.59. The highest BCUT2D eigenvalue weighted by Crippen LogP contribution is 2.24. The Kier molecular flexibility index (Phi) is 4.64. The Morgan fingerprint density at radius 2 is 2.00 bits per heavy atom. The second-order valence-electron chi connectivity index (χ2n) is 6.22. The highest BCUT2D eigenvalue weighted by Gasteiger charge is 2.27. The standard InChI is InChI=1S/C17H24N2O3/c1-12(2)19-9-7-13(8-10-19)21-16-11-18-17(20)14-5-3-4-6-15(14)22-16/h3-6,12-13,16H,7-11H2,1-2H3,(H,18,20). The van der Waals surface area contributed by atoms with Crippen LogP contribution in [0.3, 0.4) is 0 Å². The number of rotatable bonds is 3. The van der Waals surface area contributed by atoms with Crippen molar-refractivity contribution in [1.82, 2.24) is 10.2 Å². The van der Waals surface area contributed by atoms with Crippen molar-refractivity contribution in [3.63, 3.8) is 0 Å². The van der Waals surface area contributed by atoms with E-state index in [4.69, 9.17) is 9.47 Å². The lowest BCUT2D eigenvalue weighted by molar-refractivity contribution is -0.129. The molecule has 120 valence electrons. The minimum Gasteiger partial charge on any atom is -0.462 e. The lowest BCUT2D eigenvalue weighted by Crippen LogP contribution is -2.44. The minimum absolute atomic E-state index is 0.101. The molecule has 0 aromatic heterocycles. The van der Waals surface area contributed by atoms with Gasteiger partial charge in [0, 0.05) is 19.1 Å². The van der Waals surface area contributed by atoms with Crippen LogP contribution in [0.5, 0.6) is 5.75 Å². The van der Waals surface area contributed by atoms with Gasteiger partial charge in [-0.25, -0.2) is 0 Å². The maximum atomic E-state index is 12.0. The molecule has 1 aromatic rings. The topological polar surface area (TPSA) is 50.8 Å². The molecule has 0 spiro atoms. The average Bonchev–Trinajstić information content (AvgIpc) is 2.68. The number of benzene rings is 1. The number of carbonyl (C=O) groups is 1. The monoisotopic (exact) mass is 304 g/mol. The zero-order valence-electron chi connectivity index (χ0n) is 13.2. The Balaban J connectivity index is 1.59. The van der Waals surface area contributed by atoms with Crippen molar-refractivity contribution in [1.29, 1.82) is 0 Å². The number of hydrogen-bond acceptors (Lipinski definition) is 4. The van der Waals surface area contributed by atoms with Crippen LogP contribution in [0.25, 0.3) is 0 Å². The SMILES string of the molecule is CC(C)N1CCC(OC2CNC(=O)c3ccccc3O2)CC1. The summed E-state index contributed by atoms with van der Waals surface area (Å²) < 4.78 is 12.0. The number of nitrogens with zero attached hydrogens (tertiary/aromatic N) is 1. The number of ether oxygens (including phenoxy) is 2. The molecule has 1 atom stereocenters. The molecule has 2 aliphatic heterocycles. The molecular weight excluding hydrogens is 280 g/mol. The molecule has 2 aliphatic rings. The molecule has 1 saturated heterocycles. The molecule has 5 nitrogen and oxygen atoms in total. The number of piperidine rings is 1. The van der Waals surface area contributed by atoms with Gasteiger partial charge in [-0.05, 0) is 38.8 Å². The summed E-state index contributed by atoms with van der Waals surface area (Å²) in [6.45, 7) is 6.94. The largest absolute Gasteiger partial charge is 0.462 e. The Morgan fingerprint density at radius 1 is 1.27 bits per heavy atom. The first kappa shape index (κ1) is 15.3. The number of nitrogens with one attached hydrogen (secondary N) is 1. The van der Waals surface area contributed by atoms with E-state index in [0.29, 0.717) is 23.9 Å². The molecule has 1 aromatic carbocycles. The van der Waals surface area contributed by atoms with Crippen molar-refractivity contribution in [2.45, 2.75) is 45.1 Å². The number of para-hydroxylation sites is 1. The van der Waals surface area contributed by atoms with E-state index >= 15 is 0 Å². The van der Waals surface area contributed by atoms with Gasteiger partial charge < -0.3 is 19.7 Å². The van der Waals surface area contributed by atoms with Crippen LogP contribution in [0.15, 0.2) is 24.3 Å². The summed E-state index contributed by atoms with van der Waals surface area (Å²) in [6, 6.07) is 7.88. The maximum absolute atomic E-state index is 12.0. The third-order valence-electron chi connectivity index (χ3n) is 4.37. The van der Waals surface area contributed by atoms with Gasteiger partial charge in [0.1, 0.15) is 5.75 Å². The summed E-state index contributed by atoms with van der Waals surface area (Å²) in [5.41, 5.74) is 0.572. The summed E-state index contributed by atoms with van der Waals surface area (Å²) in [4.78, 5) is 14.5. The van der Waals surface area contributed by atoms with Crippen LogP contribution in [0, 0.1) is 0 Å². The van der Waals surface area contributed by atoms with E-state index in [2.05, 4.69) is 24.1 Å². The van der Waals surface area contributed by atoms with Crippen LogP contribution in [0.4, 0.5) is 0 Å². The van der Waals surface area contributed by atoms with Gasteiger partial charge in [-0.1, -0.05) is 12.1 Å². The summed E-state index contributed by atoms with van der Waals surface area (Å²) in [5, 5.41) is 2.87. The zero-order valence-corrected chi connectivity index (χ0v) is 13.2. The molecule has 1 amide bonds. The van der Waals surface area contributed by atoms with E-state index in [-0.39, 0.29) is 12.0 Å². The number of hydrogen-bond donors (Lipinski definition) is 1. The van der Waals surface area contributed by atoms with Gasteiger partial charge in [-0.3, -0.25) is 4.79 Å². The van der Waals surface area contributed by atoms with Crippen LogP contribution < -0.4 is 10.1 Å². The van der Waals surface area contributed by atoms with Crippen LogP contribution in [-0.2, 0) is 4.74 Å². The number of fused-ring (bicyclic) bond motifs is 1. The fraction of sp³-hybridized carbons (Fsp3) is 0.588. The molecule has 3 rings (SSSR count).